The Balaban J connectivity index is 0. The van der Waals surface area contributed by atoms with Crippen molar-refractivity contribution in [1.82, 2.24) is 0 Å². The molecule has 0 aromatic heterocycles. The normalized spacial score (nSPS) is 8.93. The first kappa shape index (κ1) is 16.6. The molecule has 0 aromatic carbocycles. The summed E-state index contributed by atoms with van der Waals surface area (Å²) in [5, 5.41) is 0. The number of unbranched alkanes of at least 4 members (excludes halogenated alkanes) is 5. The fourth-order valence-electron chi connectivity index (χ4n) is 1.11. The van der Waals surface area contributed by atoms with Crippen LogP contribution in [0.4, 0.5) is 0 Å². The molecule has 0 aliphatic carbocycles. The maximum atomic E-state index is 10.6. The topological polar surface area (TPSA) is 26.3 Å². The van der Waals surface area contributed by atoms with E-state index in [1.165, 1.54) is 31.8 Å². The molecule has 0 saturated heterocycles. The molecule has 0 rings (SSSR count). The Labute approximate surface area is 109 Å². The van der Waals surface area contributed by atoms with Gasteiger partial charge in [-0.3, -0.25) is 0 Å². The van der Waals surface area contributed by atoms with Crippen molar-refractivity contribution < 1.29 is 9.53 Å². The number of hydrogen-bond donors (Lipinski definition) is 0. The van der Waals surface area contributed by atoms with Crippen molar-refractivity contribution in [2.75, 3.05) is 6.61 Å². The quantitative estimate of drug-likeness (QED) is 0.265. The standard InChI is InChI=1S/C11H20O2.Na.H/c1-3-5-6-7-8-9-10-13-11(12)4-2;;/h4H,2-3,5-10H2,1H3;;. The minimum atomic E-state index is -0.312. The van der Waals surface area contributed by atoms with E-state index in [1.54, 1.807) is 0 Å². The molecule has 0 aliphatic rings. The van der Waals surface area contributed by atoms with Crippen molar-refractivity contribution in [3.05, 3.63) is 12.7 Å². The molecular formula is C11H21NaO2. The van der Waals surface area contributed by atoms with Gasteiger partial charge in [0.25, 0.3) is 0 Å². The summed E-state index contributed by atoms with van der Waals surface area (Å²) in [6.07, 6.45) is 8.47. The first-order valence-electron chi connectivity index (χ1n) is 5.10. The van der Waals surface area contributed by atoms with Crippen LogP contribution in [0.25, 0.3) is 0 Å². The number of carbonyl (C=O) groups is 1. The monoisotopic (exact) mass is 208 g/mol. The summed E-state index contributed by atoms with van der Waals surface area (Å²) >= 11 is 0. The van der Waals surface area contributed by atoms with Crippen molar-refractivity contribution in [2.45, 2.75) is 45.4 Å². The van der Waals surface area contributed by atoms with Crippen molar-refractivity contribution in [3.63, 3.8) is 0 Å². The number of ether oxygens (including phenoxy) is 1. The first-order valence-corrected chi connectivity index (χ1v) is 5.10. The van der Waals surface area contributed by atoms with Gasteiger partial charge in [-0.05, 0) is 6.42 Å². The summed E-state index contributed by atoms with van der Waals surface area (Å²) in [5.74, 6) is -0.312. The van der Waals surface area contributed by atoms with Crippen molar-refractivity contribution in [2.24, 2.45) is 0 Å². The van der Waals surface area contributed by atoms with Crippen molar-refractivity contribution in [3.8, 4) is 0 Å². The Bertz CT molecular complexity index is 146. The molecule has 14 heavy (non-hydrogen) atoms. The van der Waals surface area contributed by atoms with E-state index in [4.69, 9.17) is 4.74 Å². The third-order valence-corrected chi connectivity index (χ3v) is 1.91. The van der Waals surface area contributed by atoms with E-state index >= 15 is 0 Å². The first-order chi connectivity index (χ1) is 6.31. The van der Waals surface area contributed by atoms with Gasteiger partial charge < -0.3 is 4.74 Å². The van der Waals surface area contributed by atoms with E-state index in [0.717, 1.165) is 12.8 Å². The van der Waals surface area contributed by atoms with Crippen LogP contribution in [-0.2, 0) is 9.53 Å². The van der Waals surface area contributed by atoms with Crippen LogP contribution in [0.2, 0.25) is 0 Å². The zero-order valence-electron chi connectivity index (χ0n) is 8.55. The molecule has 0 N–H and O–H groups in total. The van der Waals surface area contributed by atoms with E-state index in [0.29, 0.717) is 6.61 Å². The van der Waals surface area contributed by atoms with Crippen LogP contribution in [0.1, 0.15) is 45.4 Å². The fourth-order valence-corrected chi connectivity index (χ4v) is 1.11. The molecule has 0 amide bonds. The zero-order chi connectivity index (χ0) is 9.94. The molecule has 0 heterocycles. The minimum absolute atomic E-state index is 0. The average Bonchev–Trinajstić information content (AvgIpc) is 2.16. The summed E-state index contributed by atoms with van der Waals surface area (Å²) in [6, 6.07) is 0. The van der Waals surface area contributed by atoms with E-state index in [1.807, 2.05) is 0 Å². The van der Waals surface area contributed by atoms with Crippen molar-refractivity contribution in [1.29, 1.82) is 0 Å². The summed E-state index contributed by atoms with van der Waals surface area (Å²) < 4.78 is 4.84. The number of hydrogen-bond acceptors (Lipinski definition) is 2. The van der Waals surface area contributed by atoms with Gasteiger partial charge in [-0.25, -0.2) is 4.79 Å². The fraction of sp³-hybridized carbons (Fsp3) is 0.727. The second-order valence-corrected chi connectivity index (χ2v) is 3.14. The molecule has 0 spiro atoms. The third-order valence-electron chi connectivity index (χ3n) is 1.91. The van der Waals surface area contributed by atoms with Gasteiger partial charge in [0, 0.05) is 6.08 Å². The summed E-state index contributed by atoms with van der Waals surface area (Å²) in [6.45, 7) is 6.06. The number of rotatable bonds is 8. The Morgan fingerprint density at radius 1 is 1.21 bits per heavy atom. The Morgan fingerprint density at radius 2 is 1.79 bits per heavy atom. The Hall–Kier alpha value is 0.210. The van der Waals surface area contributed by atoms with Gasteiger partial charge in [0.2, 0.25) is 0 Å². The molecule has 2 nitrogen and oxygen atoms in total. The van der Waals surface area contributed by atoms with Crippen LogP contribution in [-0.4, -0.2) is 42.1 Å². The average molecular weight is 208 g/mol. The zero-order valence-corrected chi connectivity index (χ0v) is 8.55. The Morgan fingerprint density at radius 3 is 2.36 bits per heavy atom. The summed E-state index contributed by atoms with van der Waals surface area (Å²) in [7, 11) is 0. The molecular weight excluding hydrogens is 187 g/mol. The molecule has 0 unspecified atom stereocenters. The second kappa shape index (κ2) is 13.2. The van der Waals surface area contributed by atoms with Gasteiger partial charge in [-0.1, -0.05) is 45.6 Å². The van der Waals surface area contributed by atoms with E-state index in [2.05, 4.69) is 13.5 Å². The molecule has 0 radical (unpaired) electrons. The van der Waals surface area contributed by atoms with Crippen LogP contribution < -0.4 is 0 Å². The molecule has 78 valence electrons. The summed E-state index contributed by atoms with van der Waals surface area (Å²) in [5.41, 5.74) is 0. The van der Waals surface area contributed by atoms with Gasteiger partial charge in [-0.2, -0.15) is 0 Å². The molecule has 0 bridgehead atoms. The summed E-state index contributed by atoms with van der Waals surface area (Å²) in [4.78, 5) is 10.6. The van der Waals surface area contributed by atoms with Gasteiger partial charge in [0.1, 0.15) is 0 Å². The van der Waals surface area contributed by atoms with Gasteiger partial charge in [-0.15, -0.1) is 0 Å². The van der Waals surface area contributed by atoms with Crippen LogP contribution >= 0.6 is 0 Å². The Kier molecular flexibility index (Phi) is 15.7. The molecule has 0 aromatic rings. The molecule has 3 heteroatoms. The predicted molar refractivity (Wildman–Crippen MR) is 61.7 cm³/mol. The SMILES string of the molecule is C=CC(=O)OCCCCCCCC.[NaH]. The predicted octanol–water partition coefficient (Wildman–Crippen LogP) is 2.43. The molecule has 0 aliphatic heterocycles. The van der Waals surface area contributed by atoms with Crippen molar-refractivity contribution >= 4 is 35.5 Å². The van der Waals surface area contributed by atoms with Crippen LogP contribution in [0.15, 0.2) is 12.7 Å². The van der Waals surface area contributed by atoms with E-state index < -0.39 is 0 Å². The van der Waals surface area contributed by atoms with Gasteiger partial charge >= 0.3 is 35.5 Å². The number of carbonyl (C=O) groups excluding carboxylic acids is 1. The van der Waals surface area contributed by atoms with Crippen LogP contribution in [0, 0.1) is 0 Å². The van der Waals surface area contributed by atoms with Gasteiger partial charge in [0.15, 0.2) is 0 Å². The van der Waals surface area contributed by atoms with Gasteiger partial charge in [0.05, 0.1) is 6.61 Å². The maximum absolute atomic E-state index is 10.6. The molecule has 0 atom stereocenters. The molecule has 0 saturated carbocycles. The van der Waals surface area contributed by atoms with E-state index in [-0.39, 0.29) is 35.5 Å². The van der Waals surface area contributed by atoms with Crippen LogP contribution in [0.3, 0.4) is 0 Å². The molecule has 0 fully saturated rings. The van der Waals surface area contributed by atoms with E-state index in [9.17, 15) is 4.79 Å². The third kappa shape index (κ3) is 12.2. The second-order valence-electron chi connectivity index (χ2n) is 3.14. The number of esters is 1. The van der Waals surface area contributed by atoms with Crippen LogP contribution in [0.5, 0.6) is 0 Å².